The number of aryl methyl sites for hydroxylation is 1. The molecule has 100 valence electrons. The van der Waals surface area contributed by atoms with Crippen molar-refractivity contribution in [3.05, 3.63) is 63.0 Å². The molecule has 0 atom stereocenters. The number of hydrogen-bond donors (Lipinski definition) is 0. The molecule has 2 aromatic rings. The molecule has 0 saturated heterocycles. The van der Waals surface area contributed by atoms with Gasteiger partial charge in [0.15, 0.2) is 0 Å². The Balaban J connectivity index is 2.23. The fraction of sp³-hybridized carbons (Fsp3) is 0.0714. The third kappa shape index (κ3) is 2.87. The summed E-state index contributed by atoms with van der Waals surface area (Å²) in [4.78, 5) is 23.3. The molecule has 1 heterocycles. The molecular formula is C14H9ClN2O3. The molecule has 0 fully saturated rings. The Kier molecular flexibility index (Phi) is 3.87. The Bertz CT molecular complexity index is 775. The summed E-state index contributed by atoms with van der Waals surface area (Å²) in [5, 5.41) is 8.94. The number of rotatable bonds is 2. The van der Waals surface area contributed by atoms with Gasteiger partial charge >= 0.3 is 5.97 Å². The smallest absolute Gasteiger partial charge is 0.343 e. The molecule has 0 bridgehead atoms. The number of nitriles is 1. The van der Waals surface area contributed by atoms with Gasteiger partial charge in [0, 0.05) is 25.4 Å². The minimum atomic E-state index is -0.663. The van der Waals surface area contributed by atoms with Crippen molar-refractivity contribution in [3.63, 3.8) is 0 Å². The van der Waals surface area contributed by atoms with E-state index in [1.165, 1.54) is 41.1 Å². The van der Waals surface area contributed by atoms with E-state index in [4.69, 9.17) is 21.6 Å². The second-order valence-corrected chi connectivity index (χ2v) is 4.41. The van der Waals surface area contributed by atoms with Crippen LogP contribution < -0.4 is 10.3 Å². The number of nitrogens with zero attached hydrogens (tertiary/aromatic N) is 2. The molecule has 0 N–H and O–H groups in total. The summed E-state index contributed by atoms with van der Waals surface area (Å²) in [7, 11) is 1.58. The van der Waals surface area contributed by atoms with Crippen LogP contribution in [-0.2, 0) is 7.05 Å². The van der Waals surface area contributed by atoms with Crippen LogP contribution in [0.25, 0.3) is 0 Å². The van der Waals surface area contributed by atoms with Crippen LogP contribution in [0.2, 0.25) is 5.02 Å². The van der Waals surface area contributed by atoms with Crippen molar-refractivity contribution in [1.29, 1.82) is 5.26 Å². The lowest BCUT2D eigenvalue weighted by Crippen LogP contribution is -2.18. The molecule has 0 aliphatic rings. The van der Waals surface area contributed by atoms with Gasteiger partial charge in [-0.05, 0) is 18.2 Å². The molecule has 0 aliphatic heterocycles. The maximum Gasteiger partial charge on any atom is 0.343 e. The van der Waals surface area contributed by atoms with Gasteiger partial charge < -0.3 is 9.30 Å². The molecule has 0 spiro atoms. The predicted octanol–water partition coefficient (Wildman–Crippen LogP) is 2.13. The third-order valence-electron chi connectivity index (χ3n) is 2.61. The first-order valence-corrected chi connectivity index (χ1v) is 5.97. The number of esters is 1. The number of carbonyl (C=O) groups excluding carboxylic acids is 1. The van der Waals surface area contributed by atoms with Gasteiger partial charge in [-0.15, -0.1) is 0 Å². The highest BCUT2D eigenvalue weighted by molar-refractivity contribution is 6.31. The van der Waals surface area contributed by atoms with Gasteiger partial charge in [-0.3, -0.25) is 4.79 Å². The summed E-state index contributed by atoms with van der Waals surface area (Å²) in [6.07, 6.45) is 1.48. The van der Waals surface area contributed by atoms with Crippen molar-refractivity contribution in [1.82, 2.24) is 4.57 Å². The Morgan fingerprint density at radius 2 is 2.10 bits per heavy atom. The van der Waals surface area contributed by atoms with Crippen LogP contribution in [0.3, 0.4) is 0 Å². The number of benzene rings is 1. The van der Waals surface area contributed by atoms with Crippen molar-refractivity contribution in [2.45, 2.75) is 0 Å². The normalized spacial score (nSPS) is 9.85. The molecule has 0 saturated carbocycles. The molecule has 1 aromatic heterocycles. The van der Waals surface area contributed by atoms with Crippen LogP contribution in [0.15, 0.2) is 41.3 Å². The lowest BCUT2D eigenvalue weighted by molar-refractivity contribution is 0.0734. The van der Waals surface area contributed by atoms with Gasteiger partial charge in [0.2, 0.25) is 0 Å². The molecule has 6 heteroatoms. The van der Waals surface area contributed by atoms with Crippen molar-refractivity contribution in [3.8, 4) is 11.8 Å². The molecule has 0 unspecified atom stereocenters. The van der Waals surface area contributed by atoms with E-state index in [-0.39, 0.29) is 21.9 Å². The van der Waals surface area contributed by atoms with Crippen molar-refractivity contribution in [2.24, 2.45) is 7.05 Å². The Morgan fingerprint density at radius 3 is 2.70 bits per heavy atom. The SMILES string of the molecule is Cn1ccc(C(=O)Oc2ccc(C#N)c(Cl)c2)cc1=O. The number of pyridine rings is 1. The van der Waals surface area contributed by atoms with E-state index in [2.05, 4.69) is 0 Å². The Hall–Kier alpha value is -2.58. The second kappa shape index (κ2) is 5.59. The topological polar surface area (TPSA) is 72.1 Å². The molecule has 0 radical (unpaired) electrons. The first-order chi connectivity index (χ1) is 9.51. The van der Waals surface area contributed by atoms with E-state index in [0.717, 1.165) is 0 Å². The predicted molar refractivity (Wildman–Crippen MR) is 72.8 cm³/mol. The summed E-state index contributed by atoms with van der Waals surface area (Å²) in [6.45, 7) is 0. The number of carbonyl (C=O) groups is 1. The summed E-state index contributed by atoms with van der Waals surface area (Å²) >= 11 is 5.84. The standard InChI is InChI=1S/C14H9ClN2O3/c1-17-5-4-9(6-13(17)18)14(19)20-11-3-2-10(8-16)12(15)7-11/h2-7H,1H3. The Labute approximate surface area is 119 Å². The summed E-state index contributed by atoms with van der Waals surface area (Å²) in [5.74, 6) is -0.455. The van der Waals surface area contributed by atoms with E-state index >= 15 is 0 Å². The minimum absolute atomic E-state index is 0.147. The van der Waals surface area contributed by atoms with E-state index in [1.807, 2.05) is 6.07 Å². The molecule has 20 heavy (non-hydrogen) atoms. The van der Waals surface area contributed by atoms with Gasteiger partial charge in [0.1, 0.15) is 11.8 Å². The van der Waals surface area contributed by atoms with Crippen LogP contribution >= 0.6 is 11.6 Å². The van der Waals surface area contributed by atoms with E-state index in [9.17, 15) is 9.59 Å². The molecule has 0 aliphatic carbocycles. The molecule has 1 aromatic carbocycles. The van der Waals surface area contributed by atoms with Gasteiger partial charge in [-0.2, -0.15) is 5.26 Å². The van der Waals surface area contributed by atoms with Crippen LogP contribution in [0.4, 0.5) is 0 Å². The van der Waals surface area contributed by atoms with Crippen molar-refractivity contribution >= 4 is 17.6 Å². The second-order valence-electron chi connectivity index (χ2n) is 4.01. The maximum atomic E-state index is 11.9. The highest BCUT2D eigenvalue weighted by Crippen LogP contribution is 2.22. The van der Waals surface area contributed by atoms with Crippen LogP contribution in [0.1, 0.15) is 15.9 Å². The fourth-order valence-electron chi connectivity index (χ4n) is 1.49. The van der Waals surface area contributed by atoms with Crippen LogP contribution in [-0.4, -0.2) is 10.5 Å². The zero-order valence-electron chi connectivity index (χ0n) is 10.5. The van der Waals surface area contributed by atoms with Gasteiger partial charge in [0.25, 0.3) is 5.56 Å². The minimum Gasteiger partial charge on any atom is -0.423 e. The first kappa shape index (κ1) is 13.8. The Morgan fingerprint density at radius 1 is 1.35 bits per heavy atom. The number of ether oxygens (including phenoxy) is 1. The monoisotopic (exact) mass is 288 g/mol. The molecule has 5 nitrogen and oxygen atoms in total. The average Bonchev–Trinajstić information content (AvgIpc) is 2.42. The van der Waals surface area contributed by atoms with Crippen molar-refractivity contribution in [2.75, 3.05) is 0 Å². The third-order valence-corrected chi connectivity index (χ3v) is 2.92. The number of aromatic nitrogens is 1. The first-order valence-electron chi connectivity index (χ1n) is 5.60. The van der Waals surface area contributed by atoms with Gasteiger partial charge in [-0.1, -0.05) is 11.6 Å². The average molecular weight is 289 g/mol. The quantitative estimate of drug-likeness (QED) is 0.627. The van der Waals surface area contributed by atoms with E-state index in [1.54, 1.807) is 7.05 Å². The molecular weight excluding hydrogens is 280 g/mol. The fourth-order valence-corrected chi connectivity index (χ4v) is 1.70. The number of hydrogen-bond acceptors (Lipinski definition) is 4. The zero-order valence-corrected chi connectivity index (χ0v) is 11.2. The zero-order chi connectivity index (χ0) is 14.7. The lowest BCUT2D eigenvalue weighted by atomic mass is 10.2. The molecule has 2 rings (SSSR count). The van der Waals surface area contributed by atoms with Gasteiger partial charge in [0.05, 0.1) is 16.1 Å². The van der Waals surface area contributed by atoms with Gasteiger partial charge in [-0.25, -0.2) is 4.79 Å². The largest absolute Gasteiger partial charge is 0.423 e. The highest BCUT2D eigenvalue weighted by Gasteiger charge is 2.11. The van der Waals surface area contributed by atoms with Crippen LogP contribution in [0.5, 0.6) is 5.75 Å². The summed E-state index contributed by atoms with van der Waals surface area (Å²) in [6, 6.07) is 8.86. The molecule has 0 amide bonds. The highest BCUT2D eigenvalue weighted by atomic mass is 35.5. The lowest BCUT2D eigenvalue weighted by Gasteiger charge is -2.05. The van der Waals surface area contributed by atoms with Crippen LogP contribution in [0, 0.1) is 11.3 Å². The summed E-state index contributed by atoms with van der Waals surface area (Å²) < 4.78 is 6.44. The van der Waals surface area contributed by atoms with E-state index < -0.39 is 5.97 Å². The maximum absolute atomic E-state index is 11.9. The van der Waals surface area contributed by atoms with Crippen molar-refractivity contribution < 1.29 is 9.53 Å². The number of halogens is 1. The summed E-state index contributed by atoms with van der Waals surface area (Å²) in [5.41, 5.74) is 0.130. The van der Waals surface area contributed by atoms with E-state index in [0.29, 0.717) is 5.56 Å².